The van der Waals surface area contributed by atoms with Gasteiger partial charge in [-0.1, -0.05) is 36.4 Å². The standard InChI is InChI=1S/C21H19FN2O4/c1-21(20(27)28-2)16-15(17(23-21)13-10-6-7-11-14(13)22)18(25)24(19(16)26)12-8-4-3-5-9-12/h3-11,15-17,23H,1-2H3/t15-,16-,17+,21+/m0/s1. The zero-order chi connectivity index (χ0) is 20.1. The number of anilines is 1. The van der Waals surface area contributed by atoms with Crippen molar-refractivity contribution in [3.8, 4) is 0 Å². The van der Waals surface area contributed by atoms with Crippen molar-refractivity contribution in [2.24, 2.45) is 11.8 Å². The second-order valence-corrected chi connectivity index (χ2v) is 7.19. The molecule has 0 aromatic heterocycles. The zero-order valence-corrected chi connectivity index (χ0v) is 15.4. The Balaban J connectivity index is 1.85. The van der Waals surface area contributed by atoms with E-state index in [1.165, 1.54) is 20.1 Å². The maximum Gasteiger partial charge on any atom is 0.326 e. The van der Waals surface area contributed by atoms with E-state index in [-0.39, 0.29) is 5.56 Å². The van der Waals surface area contributed by atoms with Gasteiger partial charge in [-0.15, -0.1) is 0 Å². The molecule has 2 aliphatic heterocycles. The Labute approximate surface area is 161 Å². The van der Waals surface area contributed by atoms with Gasteiger partial charge in [-0.05, 0) is 25.1 Å². The van der Waals surface area contributed by atoms with Crippen LogP contribution < -0.4 is 10.2 Å². The van der Waals surface area contributed by atoms with Crippen LogP contribution in [0.4, 0.5) is 10.1 Å². The number of rotatable bonds is 3. The molecule has 0 saturated carbocycles. The fourth-order valence-corrected chi connectivity index (χ4v) is 4.36. The molecule has 2 amide bonds. The first-order valence-corrected chi connectivity index (χ1v) is 8.93. The number of hydrogen-bond donors (Lipinski definition) is 1. The predicted molar refractivity (Wildman–Crippen MR) is 98.6 cm³/mol. The van der Waals surface area contributed by atoms with E-state index in [2.05, 4.69) is 5.32 Å². The highest BCUT2D eigenvalue weighted by Crippen LogP contribution is 2.50. The predicted octanol–water partition coefficient (Wildman–Crippen LogP) is 2.21. The molecule has 0 radical (unpaired) electrons. The molecule has 4 rings (SSSR count). The van der Waals surface area contributed by atoms with Crippen LogP contribution in [0.15, 0.2) is 54.6 Å². The van der Waals surface area contributed by atoms with E-state index < -0.39 is 47.0 Å². The number of amides is 2. The monoisotopic (exact) mass is 382 g/mol. The molecule has 4 atom stereocenters. The minimum atomic E-state index is -1.46. The fraction of sp³-hybridized carbons (Fsp3) is 0.286. The Bertz CT molecular complexity index is 964. The van der Waals surface area contributed by atoms with Crippen LogP contribution >= 0.6 is 0 Å². The summed E-state index contributed by atoms with van der Waals surface area (Å²) in [4.78, 5) is 40.2. The molecule has 0 aliphatic carbocycles. The molecule has 2 saturated heterocycles. The van der Waals surface area contributed by atoms with Crippen LogP contribution in [0.1, 0.15) is 18.5 Å². The minimum Gasteiger partial charge on any atom is -0.468 e. The maximum atomic E-state index is 14.5. The molecule has 144 valence electrons. The fourth-order valence-electron chi connectivity index (χ4n) is 4.36. The molecule has 6 nitrogen and oxygen atoms in total. The first-order valence-electron chi connectivity index (χ1n) is 8.93. The Morgan fingerprint density at radius 2 is 1.71 bits per heavy atom. The SMILES string of the molecule is COC(=O)[C@]1(C)N[C@H](c2ccccc2F)[C@H]2C(=O)N(c3ccccc3)C(=O)[C@H]21. The number of esters is 1. The molecule has 2 aromatic rings. The van der Waals surface area contributed by atoms with Gasteiger partial charge in [-0.3, -0.25) is 19.7 Å². The van der Waals surface area contributed by atoms with Gasteiger partial charge in [0.25, 0.3) is 0 Å². The number of ether oxygens (including phenoxy) is 1. The number of para-hydroxylation sites is 1. The Hall–Kier alpha value is -3.06. The molecule has 2 fully saturated rings. The summed E-state index contributed by atoms with van der Waals surface area (Å²) in [6, 6.07) is 13.7. The van der Waals surface area contributed by atoms with E-state index >= 15 is 0 Å². The van der Waals surface area contributed by atoms with Gasteiger partial charge >= 0.3 is 5.97 Å². The van der Waals surface area contributed by atoms with Gasteiger partial charge < -0.3 is 4.74 Å². The quantitative estimate of drug-likeness (QED) is 0.651. The molecule has 0 unspecified atom stereocenters. The highest BCUT2D eigenvalue weighted by atomic mass is 19.1. The number of benzene rings is 2. The van der Waals surface area contributed by atoms with E-state index in [0.29, 0.717) is 5.69 Å². The van der Waals surface area contributed by atoms with Gasteiger partial charge in [0.05, 0.1) is 24.6 Å². The van der Waals surface area contributed by atoms with E-state index in [4.69, 9.17) is 4.74 Å². The van der Waals surface area contributed by atoms with Crippen molar-refractivity contribution in [3.05, 3.63) is 66.0 Å². The van der Waals surface area contributed by atoms with Crippen LogP contribution in [0, 0.1) is 17.7 Å². The summed E-state index contributed by atoms with van der Waals surface area (Å²) in [6.07, 6.45) is 0. The van der Waals surface area contributed by atoms with Crippen LogP contribution in [0.25, 0.3) is 0 Å². The molecule has 2 aliphatic rings. The van der Waals surface area contributed by atoms with Crippen LogP contribution in [0.5, 0.6) is 0 Å². The summed E-state index contributed by atoms with van der Waals surface area (Å²) in [5.74, 6) is -4.07. The Morgan fingerprint density at radius 1 is 1.07 bits per heavy atom. The second-order valence-electron chi connectivity index (χ2n) is 7.19. The number of imide groups is 1. The maximum absolute atomic E-state index is 14.5. The first-order chi connectivity index (χ1) is 13.4. The summed E-state index contributed by atoms with van der Waals surface area (Å²) in [5, 5.41) is 3.03. The summed E-state index contributed by atoms with van der Waals surface area (Å²) in [6.45, 7) is 1.52. The average Bonchev–Trinajstić information content (AvgIpc) is 3.16. The van der Waals surface area contributed by atoms with Crippen molar-refractivity contribution in [1.29, 1.82) is 0 Å². The van der Waals surface area contributed by atoms with Crippen molar-refractivity contribution in [2.75, 3.05) is 12.0 Å². The molecule has 0 bridgehead atoms. The summed E-state index contributed by atoms with van der Waals surface area (Å²) in [5.41, 5.74) is -0.796. The van der Waals surface area contributed by atoms with Gasteiger partial charge in [-0.2, -0.15) is 0 Å². The lowest BCUT2D eigenvalue weighted by Crippen LogP contribution is -2.54. The Morgan fingerprint density at radius 3 is 2.36 bits per heavy atom. The lowest BCUT2D eigenvalue weighted by Gasteiger charge is -2.28. The minimum absolute atomic E-state index is 0.237. The number of nitrogens with one attached hydrogen (secondary N) is 1. The molecule has 2 aromatic carbocycles. The second kappa shape index (κ2) is 6.53. The van der Waals surface area contributed by atoms with Crippen molar-refractivity contribution in [1.82, 2.24) is 5.32 Å². The molecule has 1 N–H and O–H groups in total. The number of carbonyl (C=O) groups is 3. The topological polar surface area (TPSA) is 75.7 Å². The molecule has 7 heteroatoms. The highest BCUT2D eigenvalue weighted by molar-refractivity contribution is 6.24. The van der Waals surface area contributed by atoms with Crippen LogP contribution in [0.2, 0.25) is 0 Å². The van der Waals surface area contributed by atoms with Crippen LogP contribution in [-0.4, -0.2) is 30.4 Å². The van der Waals surface area contributed by atoms with E-state index in [9.17, 15) is 18.8 Å². The molecular weight excluding hydrogens is 363 g/mol. The number of methoxy groups -OCH3 is 1. The summed E-state index contributed by atoms with van der Waals surface area (Å²) >= 11 is 0. The largest absolute Gasteiger partial charge is 0.468 e. The van der Waals surface area contributed by atoms with E-state index in [1.807, 2.05) is 0 Å². The lowest BCUT2D eigenvalue weighted by atomic mass is 9.80. The van der Waals surface area contributed by atoms with Crippen molar-refractivity contribution in [2.45, 2.75) is 18.5 Å². The number of carbonyl (C=O) groups excluding carboxylic acids is 3. The number of nitrogens with zero attached hydrogens (tertiary/aromatic N) is 1. The normalized spacial score (nSPS) is 29.1. The Kier molecular flexibility index (Phi) is 4.27. The zero-order valence-electron chi connectivity index (χ0n) is 15.4. The van der Waals surface area contributed by atoms with Gasteiger partial charge in [0.15, 0.2) is 0 Å². The van der Waals surface area contributed by atoms with E-state index in [0.717, 1.165) is 4.90 Å². The number of hydrogen-bond acceptors (Lipinski definition) is 5. The van der Waals surface area contributed by atoms with E-state index in [1.54, 1.807) is 48.5 Å². The third kappa shape index (κ3) is 2.46. The van der Waals surface area contributed by atoms with Crippen molar-refractivity contribution >= 4 is 23.5 Å². The van der Waals surface area contributed by atoms with Crippen molar-refractivity contribution < 1.29 is 23.5 Å². The molecule has 28 heavy (non-hydrogen) atoms. The molecule has 0 spiro atoms. The molecular formula is C21H19FN2O4. The van der Waals surface area contributed by atoms with Crippen LogP contribution in [-0.2, 0) is 19.1 Å². The summed E-state index contributed by atoms with van der Waals surface area (Å²) < 4.78 is 19.4. The molecule has 2 heterocycles. The third-order valence-corrected chi connectivity index (χ3v) is 5.65. The third-order valence-electron chi connectivity index (χ3n) is 5.65. The van der Waals surface area contributed by atoms with Gasteiger partial charge in [0.1, 0.15) is 11.4 Å². The van der Waals surface area contributed by atoms with Crippen LogP contribution in [0.3, 0.4) is 0 Å². The summed E-state index contributed by atoms with van der Waals surface area (Å²) in [7, 11) is 1.22. The van der Waals surface area contributed by atoms with Gasteiger partial charge in [0.2, 0.25) is 11.8 Å². The smallest absolute Gasteiger partial charge is 0.326 e. The first kappa shape index (κ1) is 18.3. The van der Waals surface area contributed by atoms with Gasteiger partial charge in [0, 0.05) is 11.6 Å². The lowest BCUT2D eigenvalue weighted by molar-refractivity contribution is -0.151. The highest BCUT2D eigenvalue weighted by Gasteiger charge is 2.67. The number of halogens is 1. The number of fused-ring (bicyclic) bond motifs is 1. The van der Waals surface area contributed by atoms with Crippen molar-refractivity contribution in [3.63, 3.8) is 0 Å². The van der Waals surface area contributed by atoms with Gasteiger partial charge in [-0.25, -0.2) is 9.29 Å². The average molecular weight is 382 g/mol.